The van der Waals surface area contributed by atoms with Crippen molar-refractivity contribution >= 4 is 10.0 Å². The molecule has 0 fully saturated rings. The largest absolute Gasteiger partial charge is 0.291 e. The van der Waals surface area contributed by atoms with Gasteiger partial charge in [0.05, 0.1) is 10.9 Å². The predicted molar refractivity (Wildman–Crippen MR) is 95.6 cm³/mol. The molecule has 6 heteroatoms. The minimum absolute atomic E-state index is 0.148. The van der Waals surface area contributed by atoms with Crippen molar-refractivity contribution in [2.75, 3.05) is 0 Å². The Morgan fingerprint density at radius 2 is 2.04 bits per heavy atom. The molecule has 0 aromatic heterocycles. The molecule has 1 heterocycles. The summed E-state index contributed by atoms with van der Waals surface area (Å²) in [5, 5.41) is 9.25. The van der Waals surface area contributed by atoms with Gasteiger partial charge in [-0.15, -0.1) is 0 Å². The highest BCUT2D eigenvalue weighted by Crippen LogP contribution is 2.31. The first kappa shape index (κ1) is 18.2. The number of hydrogen-bond donors (Lipinski definition) is 2. The highest BCUT2D eigenvalue weighted by Gasteiger charge is 2.37. The molecule has 0 radical (unpaired) electrons. The third kappa shape index (κ3) is 3.51. The average Bonchev–Trinajstić information content (AvgIpc) is 2.59. The van der Waals surface area contributed by atoms with E-state index in [0.29, 0.717) is 6.42 Å². The molecule has 1 atom stereocenters. The zero-order chi connectivity index (χ0) is 17.7. The first-order chi connectivity index (χ1) is 11.5. The number of rotatable bonds is 6. The van der Waals surface area contributed by atoms with Crippen molar-refractivity contribution in [3.63, 3.8) is 0 Å². The molecule has 1 aliphatic rings. The summed E-state index contributed by atoms with van der Waals surface area (Å²) in [6.45, 7) is 9.32. The molecular formula is C18H22N2O3S. The second kappa shape index (κ2) is 7.61. The molecule has 0 saturated heterocycles. The van der Waals surface area contributed by atoms with Gasteiger partial charge in [0.15, 0.2) is 0 Å². The highest BCUT2D eigenvalue weighted by atomic mass is 32.2. The Morgan fingerprint density at radius 1 is 1.38 bits per heavy atom. The van der Waals surface area contributed by atoms with Crippen LogP contribution in [0.3, 0.4) is 0 Å². The molecular weight excluding hydrogens is 324 g/mol. The molecule has 0 bridgehead atoms. The molecule has 24 heavy (non-hydrogen) atoms. The number of hydroxylamine groups is 1. The lowest BCUT2D eigenvalue weighted by atomic mass is 9.95. The maximum Gasteiger partial charge on any atom is 0.243 e. The Morgan fingerprint density at radius 3 is 2.62 bits per heavy atom. The van der Waals surface area contributed by atoms with Crippen LogP contribution in [-0.4, -0.2) is 24.0 Å². The molecule has 1 aromatic rings. The molecule has 0 aliphatic carbocycles. The van der Waals surface area contributed by atoms with Gasteiger partial charge in [-0.1, -0.05) is 49.6 Å². The molecule has 2 N–H and O–H groups in total. The Balaban J connectivity index is 2.54. The summed E-state index contributed by atoms with van der Waals surface area (Å²) in [6, 6.07) is 7.10. The van der Waals surface area contributed by atoms with Gasteiger partial charge in [0, 0.05) is 12.2 Å². The summed E-state index contributed by atoms with van der Waals surface area (Å²) in [6.07, 6.45) is 6.54. The van der Waals surface area contributed by atoms with Crippen molar-refractivity contribution in [2.45, 2.75) is 25.9 Å². The molecule has 2 rings (SSSR count). The second-order valence-electron chi connectivity index (χ2n) is 5.48. The van der Waals surface area contributed by atoms with Crippen LogP contribution in [0.15, 0.2) is 72.3 Å². The molecule has 1 aliphatic heterocycles. The lowest BCUT2D eigenvalue weighted by Gasteiger charge is -2.36. The Bertz CT molecular complexity index is 794. The summed E-state index contributed by atoms with van der Waals surface area (Å²) >= 11 is 0. The SMILES string of the molecule is C=C/C=C(\C=C/C)S(=O)(=O)N1Cc2ccccc2C[C@H]1C(=C)NO. The van der Waals surface area contributed by atoms with E-state index in [9.17, 15) is 13.6 Å². The first-order valence-electron chi connectivity index (χ1n) is 7.58. The van der Waals surface area contributed by atoms with Gasteiger partial charge in [-0.05, 0) is 36.6 Å². The third-order valence-electron chi connectivity index (χ3n) is 3.97. The van der Waals surface area contributed by atoms with E-state index < -0.39 is 16.1 Å². The van der Waals surface area contributed by atoms with E-state index in [1.165, 1.54) is 22.5 Å². The van der Waals surface area contributed by atoms with Gasteiger partial charge in [-0.3, -0.25) is 10.7 Å². The Labute approximate surface area is 143 Å². The molecule has 5 nitrogen and oxygen atoms in total. The third-order valence-corrected chi connectivity index (χ3v) is 5.84. The van der Waals surface area contributed by atoms with Crippen LogP contribution >= 0.6 is 0 Å². The van der Waals surface area contributed by atoms with E-state index >= 15 is 0 Å². The second-order valence-corrected chi connectivity index (χ2v) is 7.37. The summed E-state index contributed by atoms with van der Waals surface area (Å²) in [7, 11) is -3.77. The topological polar surface area (TPSA) is 69.6 Å². The van der Waals surface area contributed by atoms with Gasteiger partial charge < -0.3 is 0 Å². The van der Waals surface area contributed by atoms with Crippen molar-refractivity contribution in [1.29, 1.82) is 0 Å². The van der Waals surface area contributed by atoms with Crippen LogP contribution in [0.4, 0.5) is 0 Å². The van der Waals surface area contributed by atoms with Crippen LogP contribution in [0.1, 0.15) is 18.1 Å². The van der Waals surface area contributed by atoms with Crippen LogP contribution in [0, 0.1) is 0 Å². The molecule has 0 spiro atoms. The van der Waals surface area contributed by atoms with Crippen LogP contribution in [0.25, 0.3) is 0 Å². The monoisotopic (exact) mass is 346 g/mol. The van der Waals surface area contributed by atoms with Gasteiger partial charge in [0.2, 0.25) is 10.0 Å². The lowest BCUT2D eigenvalue weighted by Crippen LogP contribution is -2.47. The van der Waals surface area contributed by atoms with Gasteiger partial charge in [0.25, 0.3) is 0 Å². The molecule has 1 aromatic carbocycles. The van der Waals surface area contributed by atoms with Crippen molar-refractivity contribution in [3.05, 3.63) is 83.5 Å². The highest BCUT2D eigenvalue weighted by molar-refractivity contribution is 7.93. The minimum atomic E-state index is -3.77. The number of allylic oxidation sites excluding steroid dienone is 4. The van der Waals surface area contributed by atoms with Crippen LogP contribution < -0.4 is 5.48 Å². The van der Waals surface area contributed by atoms with E-state index in [4.69, 9.17) is 0 Å². The van der Waals surface area contributed by atoms with Crippen LogP contribution in [0.5, 0.6) is 0 Å². The first-order valence-corrected chi connectivity index (χ1v) is 9.02. The number of benzene rings is 1. The minimum Gasteiger partial charge on any atom is -0.291 e. The van der Waals surface area contributed by atoms with Crippen molar-refractivity contribution in [1.82, 2.24) is 9.79 Å². The quantitative estimate of drug-likeness (QED) is 0.614. The normalized spacial score (nSPS) is 19.1. The predicted octanol–water partition coefficient (Wildman–Crippen LogP) is 2.88. The number of nitrogens with one attached hydrogen (secondary N) is 1. The fraction of sp³-hybridized carbons (Fsp3) is 0.222. The van der Waals surface area contributed by atoms with E-state index in [1.54, 1.807) is 13.0 Å². The standard InChI is InChI=1S/C18H22N2O3S/c1-4-8-17(9-5-2)24(22,23)20-13-16-11-7-6-10-15(16)12-18(20)14(3)19-21/h4-11,18-19,21H,1,3,12-13H2,2H3/b9-5-,17-8+/t18-/m0/s1. The fourth-order valence-electron chi connectivity index (χ4n) is 2.77. The Kier molecular flexibility index (Phi) is 5.77. The van der Waals surface area contributed by atoms with Gasteiger partial charge in [-0.25, -0.2) is 8.42 Å². The van der Waals surface area contributed by atoms with Gasteiger partial charge in [0.1, 0.15) is 0 Å². The van der Waals surface area contributed by atoms with E-state index in [2.05, 4.69) is 13.2 Å². The summed E-state index contributed by atoms with van der Waals surface area (Å²) in [5.41, 5.74) is 4.25. The molecule has 0 saturated carbocycles. The smallest absolute Gasteiger partial charge is 0.243 e. The summed E-state index contributed by atoms with van der Waals surface area (Å²) in [4.78, 5) is 0.148. The van der Waals surface area contributed by atoms with Crippen LogP contribution in [0.2, 0.25) is 0 Å². The number of fused-ring (bicyclic) bond motifs is 1. The maximum absolute atomic E-state index is 13.1. The van der Waals surface area contributed by atoms with Gasteiger partial charge >= 0.3 is 0 Å². The molecule has 0 amide bonds. The summed E-state index contributed by atoms with van der Waals surface area (Å²) in [5.74, 6) is 0. The van der Waals surface area contributed by atoms with E-state index in [1.807, 2.05) is 29.7 Å². The van der Waals surface area contributed by atoms with Gasteiger partial charge in [-0.2, -0.15) is 4.31 Å². The average molecular weight is 346 g/mol. The van der Waals surface area contributed by atoms with Crippen molar-refractivity contribution in [2.24, 2.45) is 0 Å². The Hall–Kier alpha value is -2.15. The molecule has 0 unspecified atom stereocenters. The van der Waals surface area contributed by atoms with E-state index in [-0.39, 0.29) is 17.1 Å². The molecule has 128 valence electrons. The summed E-state index contributed by atoms with van der Waals surface area (Å²) < 4.78 is 27.6. The fourth-order valence-corrected chi connectivity index (χ4v) is 4.46. The number of nitrogens with zero attached hydrogens (tertiary/aromatic N) is 1. The maximum atomic E-state index is 13.1. The van der Waals surface area contributed by atoms with E-state index in [0.717, 1.165) is 11.1 Å². The zero-order valence-corrected chi connectivity index (χ0v) is 14.5. The van der Waals surface area contributed by atoms with Crippen molar-refractivity contribution in [3.8, 4) is 0 Å². The zero-order valence-electron chi connectivity index (χ0n) is 13.6. The van der Waals surface area contributed by atoms with Crippen LogP contribution in [-0.2, 0) is 23.0 Å². The lowest BCUT2D eigenvalue weighted by molar-refractivity contribution is 0.173. The van der Waals surface area contributed by atoms with Crippen molar-refractivity contribution < 1.29 is 13.6 Å². The number of sulfonamides is 1. The number of hydrogen-bond acceptors (Lipinski definition) is 4.